The number of benzene rings is 2. The van der Waals surface area contributed by atoms with Crippen molar-refractivity contribution in [2.75, 3.05) is 17.3 Å². The molecule has 1 N–H and O–H groups in total. The topological polar surface area (TPSA) is 97.6 Å². The first-order valence-electron chi connectivity index (χ1n) is 11.6. The second-order valence-corrected chi connectivity index (χ2v) is 9.68. The number of aryl methyl sites for hydroxylation is 4. The molecule has 0 radical (unpaired) electrons. The maximum absolute atomic E-state index is 12.8. The fourth-order valence-corrected chi connectivity index (χ4v) is 5.18. The average Bonchev–Trinajstić information content (AvgIpc) is 3.45. The second kappa shape index (κ2) is 9.58. The Morgan fingerprint density at radius 1 is 1.14 bits per heavy atom. The van der Waals surface area contributed by atoms with Crippen molar-refractivity contribution < 1.29 is 18.7 Å². The molecule has 0 fully saturated rings. The molecule has 8 nitrogen and oxygen atoms in total. The molecule has 0 spiro atoms. The van der Waals surface area contributed by atoms with Crippen molar-refractivity contribution in [3.05, 3.63) is 75.8 Å². The third kappa shape index (κ3) is 4.74. The molecule has 0 saturated heterocycles. The maximum atomic E-state index is 12.8. The van der Waals surface area contributed by atoms with E-state index in [2.05, 4.69) is 27.4 Å². The van der Waals surface area contributed by atoms with Gasteiger partial charge in [-0.3, -0.25) is 14.9 Å². The van der Waals surface area contributed by atoms with Crippen LogP contribution in [0.15, 0.2) is 46.2 Å². The van der Waals surface area contributed by atoms with Crippen molar-refractivity contribution in [3.8, 4) is 17.0 Å². The first kappa shape index (κ1) is 23.7. The molecule has 2 amide bonds. The Bertz CT molecular complexity index is 1470. The van der Waals surface area contributed by atoms with Gasteiger partial charge in [0.25, 0.3) is 5.91 Å². The van der Waals surface area contributed by atoms with Crippen LogP contribution in [0.1, 0.15) is 45.3 Å². The van der Waals surface area contributed by atoms with Crippen LogP contribution in [0.5, 0.6) is 5.75 Å². The SMILES string of the molecule is COc1cc(C)cc(CN2C(=O)CCc3cc(-c4csc(NC(=O)c5oc(C)nc5C)n4)ccc32)c1. The second-order valence-electron chi connectivity index (χ2n) is 8.82. The lowest BCUT2D eigenvalue weighted by Crippen LogP contribution is -2.34. The third-order valence-electron chi connectivity index (χ3n) is 6.10. The number of anilines is 2. The van der Waals surface area contributed by atoms with E-state index in [1.165, 1.54) is 11.3 Å². The molecule has 1 aliphatic heterocycles. The smallest absolute Gasteiger partial charge is 0.295 e. The highest BCUT2D eigenvalue weighted by Crippen LogP contribution is 2.34. The highest BCUT2D eigenvalue weighted by Gasteiger charge is 2.25. The number of oxazole rings is 1. The lowest BCUT2D eigenvalue weighted by molar-refractivity contribution is -0.119. The van der Waals surface area contributed by atoms with Gasteiger partial charge in [0, 0.05) is 30.0 Å². The number of aromatic nitrogens is 2. The summed E-state index contributed by atoms with van der Waals surface area (Å²) in [4.78, 5) is 35.9. The summed E-state index contributed by atoms with van der Waals surface area (Å²) in [6.45, 7) is 5.93. The minimum absolute atomic E-state index is 0.104. The highest BCUT2D eigenvalue weighted by molar-refractivity contribution is 7.14. The summed E-state index contributed by atoms with van der Waals surface area (Å²) in [5.41, 5.74) is 6.35. The lowest BCUT2D eigenvalue weighted by atomic mass is 9.97. The number of carbonyl (C=O) groups excluding carboxylic acids is 2. The molecule has 2 aromatic carbocycles. The third-order valence-corrected chi connectivity index (χ3v) is 6.85. The Morgan fingerprint density at radius 2 is 1.97 bits per heavy atom. The number of nitrogens with one attached hydrogen (secondary N) is 1. The Balaban J connectivity index is 1.36. The van der Waals surface area contributed by atoms with E-state index in [1.54, 1.807) is 21.0 Å². The molecule has 5 rings (SSSR count). The monoisotopic (exact) mass is 502 g/mol. The molecule has 184 valence electrons. The van der Waals surface area contributed by atoms with Gasteiger partial charge in [0.1, 0.15) is 5.75 Å². The Labute approximate surface area is 213 Å². The average molecular weight is 503 g/mol. The number of hydrogen-bond acceptors (Lipinski definition) is 7. The number of rotatable bonds is 6. The number of nitrogens with zero attached hydrogens (tertiary/aromatic N) is 3. The van der Waals surface area contributed by atoms with Crippen molar-refractivity contribution in [1.82, 2.24) is 9.97 Å². The van der Waals surface area contributed by atoms with E-state index in [4.69, 9.17) is 9.15 Å². The van der Waals surface area contributed by atoms with E-state index in [0.717, 1.165) is 39.4 Å². The standard InChI is InChI=1S/C27H26N4O4S/c1-15-9-18(11-21(10-15)34-4)13-31-23-7-5-19(12-20(23)6-8-24(31)32)22-14-36-27(29-22)30-26(33)25-16(2)28-17(3)35-25/h5,7,9-12,14H,6,8,13H2,1-4H3,(H,29,30,33). The zero-order valence-electron chi connectivity index (χ0n) is 20.5. The minimum Gasteiger partial charge on any atom is -0.497 e. The number of thiazole rings is 1. The summed E-state index contributed by atoms with van der Waals surface area (Å²) < 4.78 is 10.8. The highest BCUT2D eigenvalue weighted by atomic mass is 32.1. The first-order chi connectivity index (χ1) is 17.3. The summed E-state index contributed by atoms with van der Waals surface area (Å²) in [5, 5.41) is 5.17. The number of methoxy groups -OCH3 is 1. The molecule has 0 saturated carbocycles. The van der Waals surface area contributed by atoms with E-state index in [1.807, 2.05) is 41.5 Å². The van der Waals surface area contributed by atoms with Gasteiger partial charge >= 0.3 is 0 Å². The zero-order valence-corrected chi connectivity index (χ0v) is 21.4. The van der Waals surface area contributed by atoms with Gasteiger partial charge in [0.05, 0.1) is 25.0 Å². The van der Waals surface area contributed by atoms with E-state index in [9.17, 15) is 9.59 Å². The van der Waals surface area contributed by atoms with Crippen LogP contribution in [0.2, 0.25) is 0 Å². The molecule has 2 aromatic heterocycles. The summed E-state index contributed by atoms with van der Waals surface area (Å²) in [6, 6.07) is 12.0. The fourth-order valence-electron chi connectivity index (χ4n) is 4.47. The molecule has 1 aliphatic rings. The zero-order chi connectivity index (χ0) is 25.4. The van der Waals surface area contributed by atoms with Gasteiger partial charge in [-0.15, -0.1) is 11.3 Å². The Kier molecular flexibility index (Phi) is 6.32. The number of carbonyl (C=O) groups is 2. The lowest BCUT2D eigenvalue weighted by Gasteiger charge is -2.30. The molecule has 4 aromatic rings. The quantitative estimate of drug-likeness (QED) is 0.376. The van der Waals surface area contributed by atoms with Crippen LogP contribution in [0.25, 0.3) is 11.3 Å². The first-order valence-corrected chi connectivity index (χ1v) is 12.5. The molecule has 36 heavy (non-hydrogen) atoms. The van der Waals surface area contributed by atoms with Crippen LogP contribution in [0.4, 0.5) is 10.8 Å². The number of ether oxygens (including phenoxy) is 1. The van der Waals surface area contributed by atoms with Gasteiger partial charge < -0.3 is 14.1 Å². The van der Waals surface area contributed by atoms with E-state index < -0.39 is 0 Å². The van der Waals surface area contributed by atoms with E-state index in [-0.39, 0.29) is 17.6 Å². The van der Waals surface area contributed by atoms with Gasteiger partial charge in [0.15, 0.2) is 11.0 Å². The normalized spacial score (nSPS) is 13.0. The van der Waals surface area contributed by atoms with Crippen LogP contribution in [0.3, 0.4) is 0 Å². The van der Waals surface area contributed by atoms with Gasteiger partial charge in [-0.2, -0.15) is 0 Å². The number of amides is 2. The van der Waals surface area contributed by atoms with Crippen molar-refractivity contribution in [2.24, 2.45) is 0 Å². The predicted molar refractivity (Wildman–Crippen MR) is 139 cm³/mol. The van der Waals surface area contributed by atoms with Gasteiger partial charge in [-0.05, 0) is 61.2 Å². The maximum Gasteiger partial charge on any atom is 0.295 e. The molecule has 0 unspecified atom stereocenters. The molecular formula is C27H26N4O4S. The number of fused-ring (bicyclic) bond motifs is 1. The molecule has 0 atom stereocenters. The Hall–Kier alpha value is -3.98. The van der Waals surface area contributed by atoms with Crippen LogP contribution < -0.4 is 15.0 Å². The molecule has 0 aliphatic carbocycles. The van der Waals surface area contributed by atoms with Crippen LogP contribution in [-0.2, 0) is 17.8 Å². The van der Waals surface area contributed by atoms with Crippen molar-refractivity contribution >= 4 is 34.0 Å². The minimum atomic E-state index is -0.374. The number of hydrogen-bond donors (Lipinski definition) is 1. The summed E-state index contributed by atoms with van der Waals surface area (Å²) in [6.07, 6.45) is 1.13. The van der Waals surface area contributed by atoms with Crippen molar-refractivity contribution in [2.45, 2.75) is 40.2 Å². The van der Waals surface area contributed by atoms with Gasteiger partial charge in [0.2, 0.25) is 11.7 Å². The summed E-state index contributed by atoms with van der Waals surface area (Å²) in [5.74, 6) is 1.15. The van der Waals surface area contributed by atoms with E-state index >= 15 is 0 Å². The molecule has 3 heterocycles. The van der Waals surface area contributed by atoms with E-state index in [0.29, 0.717) is 36.1 Å². The molecular weight excluding hydrogens is 476 g/mol. The van der Waals surface area contributed by atoms with Gasteiger partial charge in [-0.25, -0.2) is 9.97 Å². The fraction of sp³-hybridized carbons (Fsp3) is 0.259. The van der Waals surface area contributed by atoms with Crippen LogP contribution in [-0.4, -0.2) is 28.9 Å². The van der Waals surface area contributed by atoms with Crippen LogP contribution >= 0.6 is 11.3 Å². The van der Waals surface area contributed by atoms with Crippen molar-refractivity contribution in [1.29, 1.82) is 0 Å². The summed E-state index contributed by atoms with van der Waals surface area (Å²) in [7, 11) is 1.65. The largest absolute Gasteiger partial charge is 0.497 e. The Morgan fingerprint density at radius 3 is 2.72 bits per heavy atom. The predicted octanol–water partition coefficient (Wildman–Crippen LogP) is 5.46. The molecule has 0 bridgehead atoms. The van der Waals surface area contributed by atoms with Crippen LogP contribution in [0, 0.1) is 20.8 Å². The summed E-state index contributed by atoms with van der Waals surface area (Å²) >= 11 is 1.34. The van der Waals surface area contributed by atoms with Crippen molar-refractivity contribution in [3.63, 3.8) is 0 Å². The molecule has 9 heteroatoms. The van der Waals surface area contributed by atoms with Gasteiger partial charge in [-0.1, -0.05) is 12.1 Å².